The second-order valence-corrected chi connectivity index (χ2v) is 7.41. The monoisotopic (exact) mass is 555 g/mol. The standard InChI is InChI=1S/C20H28F3N5O2.HI/c1-5-19(3)16(29)28(18(30)27-19)11-7-10-25-17(24-4)26-13(2)14-8-6-9-15(12-14)20(21,22)23;/h6,8-9,12-13H,5,7,10-11H2,1-4H3,(H,27,30)(H2,24,25,26);1H. The molecular weight excluding hydrogens is 526 g/mol. The average Bonchev–Trinajstić information content (AvgIpc) is 2.92. The molecule has 0 aliphatic carbocycles. The maximum absolute atomic E-state index is 12.9. The number of nitrogens with one attached hydrogen (secondary N) is 3. The summed E-state index contributed by atoms with van der Waals surface area (Å²) >= 11 is 0. The lowest BCUT2D eigenvalue weighted by molar-refractivity contribution is -0.137. The summed E-state index contributed by atoms with van der Waals surface area (Å²) in [4.78, 5) is 29.6. The zero-order valence-corrected chi connectivity index (χ0v) is 20.3. The minimum absolute atomic E-state index is 0. The third-order valence-corrected chi connectivity index (χ3v) is 5.19. The van der Waals surface area contributed by atoms with Crippen molar-refractivity contribution in [3.63, 3.8) is 0 Å². The van der Waals surface area contributed by atoms with Crippen LogP contribution in [-0.4, -0.2) is 48.5 Å². The third kappa shape index (κ3) is 6.71. The van der Waals surface area contributed by atoms with Crippen LogP contribution in [0.5, 0.6) is 0 Å². The van der Waals surface area contributed by atoms with E-state index in [4.69, 9.17) is 0 Å². The fraction of sp³-hybridized carbons (Fsp3) is 0.550. The third-order valence-electron chi connectivity index (χ3n) is 5.19. The van der Waals surface area contributed by atoms with Crippen LogP contribution in [-0.2, 0) is 11.0 Å². The van der Waals surface area contributed by atoms with Crippen molar-refractivity contribution in [3.8, 4) is 0 Å². The molecule has 1 saturated heterocycles. The number of imide groups is 1. The molecular formula is C20H29F3IN5O2. The predicted octanol–water partition coefficient (Wildman–Crippen LogP) is 3.66. The smallest absolute Gasteiger partial charge is 0.356 e. The average molecular weight is 555 g/mol. The first-order valence-electron chi connectivity index (χ1n) is 9.80. The Labute approximate surface area is 197 Å². The second-order valence-electron chi connectivity index (χ2n) is 7.41. The van der Waals surface area contributed by atoms with Crippen molar-refractivity contribution in [2.45, 2.75) is 51.4 Å². The summed E-state index contributed by atoms with van der Waals surface area (Å²) in [6.07, 6.45) is -3.39. The first kappa shape index (κ1) is 27.0. The SMILES string of the molecule is CCC1(C)NC(=O)N(CCCNC(=NC)NC(C)c2cccc(C(F)(F)F)c2)C1=O.I. The summed E-state index contributed by atoms with van der Waals surface area (Å²) < 4.78 is 38.7. The number of nitrogens with zero attached hydrogens (tertiary/aromatic N) is 2. The fourth-order valence-corrected chi connectivity index (χ4v) is 3.10. The Hall–Kier alpha value is -2.05. The van der Waals surface area contributed by atoms with Crippen molar-refractivity contribution in [1.29, 1.82) is 0 Å². The number of carbonyl (C=O) groups excluding carboxylic acids is 2. The van der Waals surface area contributed by atoms with Gasteiger partial charge in [0.05, 0.1) is 11.6 Å². The van der Waals surface area contributed by atoms with Gasteiger partial charge in [0.15, 0.2) is 5.96 Å². The van der Waals surface area contributed by atoms with Gasteiger partial charge in [0.1, 0.15) is 5.54 Å². The second kappa shape index (κ2) is 11.0. The van der Waals surface area contributed by atoms with E-state index >= 15 is 0 Å². The van der Waals surface area contributed by atoms with Gasteiger partial charge in [-0.2, -0.15) is 13.2 Å². The molecule has 0 radical (unpaired) electrons. The molecule has 0 bridgehead atoms. The molecule has 1 aliphatic rings. The zero-order chi connectivity index (χ0) is 22.5. The van der Waals surface area contributed by atoms with Gasteiger partial charge in [-0.05, 0) is 44.4 Å². The quantitative estimate of drug-likeness (QED) is 0.158. The lowest BCUT2D eigenvalue weighted by atomic mass is 9.99. The molecule has 1 fully saturated rings. The van der Waals surface area contributed by atoms with E-state index in [0.29, 0.717) is 30.9 Å². The van der Waals surface area contributed by atoms with Gasteiger partial charge >= 0.3 is 12.2 Å². The summed E-state index contributed by atoms with van der Waals surface area (Å²) in [5.74, 6) is 0.172. The largest absolute Gasteiger partial charge is 0.416 e. The van der Waals surface area contributed by atoms with Crippen molar-refractivity contribution in [2.75, 3.05) is 20.1 Å². The fourth-order valence-electron chi connectivity index (χ4n) is 3.10. The van der Waals surface area contributed by atoms with E-state index in [0.717, 1.165) is 12.1 Å². The summed E-state index contributed by atoms with van der Waals surface area (Å²) in [5, 5.41) is 8.79. The summed E-state index contributed by atoms with van der Waals surface area (Å²) in [7, 11) is 1.55. The molecule has 2 rings (SSSR count). The van der Waals surface area contributed by atoms with Crippen LogP contribution < -0.4 is 16.0 Å². The van der Waals surface area contributed by atoms with Crippen LogP contribution in [0.1, 0.15) is 50.8 Å². The van der Waals surface area contributed by atoms with Gasteiger partial charge < -0.3 is 16.0 Å². The Morgan fingerprint density at radius 2 is 2.00 bits per heavy atom. The van der Waals surface area contributed by atoms with Gasteiger partial charge in [-0.25, -0.2) is 4.79 Å². The number of carbonyl (C=O) groups is 2. The van der Waals surface area contributed by atoms with Crippen molar-refractivity contribution in [1.82, 2.24) is 20.9 Å². The molecule has 1 aliphatic heterocycles. The molecule has 1 aromatic carbocycles. The molecule has 11 heteroatoms. The Balaban J connectivity index is 0.00000480. The number of amides is 3. The van der Waals surface area contributed by atoms with Crippen LogP contribution >= 0.6 is 24.0 Å². The van der Waals surface area contributed by atoms with Crippen LogP contribution in [0.25, 0.3) is 0 Å². The zero-order valence-electron chi connectivity index (χ0n) is 18.0. The summed E-state index contributed by atoms with van der Waals surface area (Å²) in [5.41, 5.74) is -1.09. The molecule has 0 saturated carbocycles. The number of guanidine groups is 1. The van der Waals surface area contributed by atoms with E-state index in [1.165, 1.54) is 11.0 Å². The predicted molar refractivity (Wildman–Crippen MR) is 123 cm³/mol. The Morgan fingerprint density at radius 3 is 2.55 bits per heavy atom. The maximum atomic E-state index is 12.9. The molecule has 1 aromatic rings. The van der Waals surface area contributed by atoms with Crippen molar-refractivity contribution >= 4 is 41.9 Å². The number of hydrogen-bond donors (Lipinski definition) is 3. The summed E-state index contributed by atoms with van der Waals surface area (Å²) in [6.45, 7) is 5.96. The van der Waals surface area contributed by atoms with Gasteiger partial charge in [-0.15, -0.1) is 24.0 Å². The maximum Gasteiger partial charge on any atom is 0.416 e. The minimum atomic E-state index is -4.40. The van der Waals surface area contributed by atoms with Crippen molar-refractivity contribution in [2.24, 2.45) is 4.99 Å². The van der Waals surface area contributed by atoms with Gasteiger partial charge in [0.25, 0.3) is 5.91 Å². The molecule has 3 amide bonds. The first-order valence-corrected chi connectivity index (χ1v) is 9.80. The number of hydrogen-bond acceptors (Lipinski definition) is 3. The molecule has 7 nitrogen and oxygen atoms in total. The van der Waals surface area contributed by atoms with E-state index in [9.17, 15) is 22.8 Å². The van der Waals surface area contributed by atoms with Crippen LogP contribution in [0.2, 0.25) is 0 Å². The Bertz CT molecular complexity index is 818. The lowest BCUT2D eigenvalue weighted by Gasteiger charge is -2.20. The van der Waals surface area contributed by atoms with Crippen LogP contribution in [0, 0.1) is 0 Å². The normalized spacial score (nSPS) is 20.2. The van der Waals surface area contributed by atoms with Gasteiger partial charge in [-0.1, -0.05) is 19.1 Å². The molecule has 31 heavy (non-hydrogen) atoms. The first-order chi connectivity index (χ1) is 14.0. The highest BCUT2D eigenvalue weighted by atomic mass is 127. The highest BCUT2D eigenvalue weighted by molar-refractivity contribution is 14.0. The van der Waals surface area contributed by atoms with Crippen molar-refractivity contribution < 1.29 is 22.8 Å². The highest BCUT2D eigenvalue weighted by Crippen LogP contribution is 2.30. The van der Waals surface area contributed by atoms with Crippen LogP contribution in [0.4, 0.5) is 18.0 Å². The highest BCUT2D eigenvalue weighted by Gasteiger charge is 2.45. The van der Waals surface area contributed by atoms with E-state index in [-0.39, 0.29) is 36.4 Å². The topological polar surface area (TPSA) is 85.8 Å². The van der Waals surface area contributed by atoms with Crippen molar-refractivity contribution in [3.05, 3.63) is 35.4 Å². The van der Waals surface area contributed by atoms with Gasteiger partial charge in [-0.3, -0.25) is 14.7 Å². The Kier molecular flexibility index (Phi) is 9.58. The molecule has 2 unspecified atom stereocenters. The number of benzene rings is 1. The minimum Gasteiger partial charge on any atom is -0.356 e. The van der Waals surface area contributed by atoms with E-state index in [1.807, 2.05) is 6.92 Å². The molecule has 2 atom stereocenters. The van der Waals surface area contributed by atoms with Gasteiger partial charge in [0.2, 0.25) is 0 Å². The summed E-state index contributed by atoms with van der Waals surface area (Å²) in [6, 6.07) is 4.31. The number of aliphatic imine (C=N–C) groups is 1. The molecule has 174 valence electrons. The van der Waals surface area contributed by atoms with E-state index < -0.39 is 29.4 Å². The van der Waals surface area contributed by atoms with E-state index in [2.05, 4.69) is 20.9 Å². The number of halogens is 4. The molecule has 0 aromatic heterocycles. The van der Waals surface area contributed by atoms with Crippen LogP contribution in [0.3, 0.4) is 0 Å². The molecule has 0 spiro atoms. The van der Waals surface area contributed by atoms with Gasteiger partial charge in [0, 0.05) is 20.1 Å². The van der Waals surface area contributed by atoms with E-state index in [1.54, 1.807) is 27.0 Å². The number of urea groups is 1. The molecule has 1 heterocycles. The lowest BCUT2D eigenvalue weighted by Crippen LogP contribution is -2.43. The number of alkyl halides is 3. The number of rotatable bonds is 7. The van der Waals surface area contributed by atoms with Crippen LogP contribution in [0.15, 0.2) is 29.3 Å². The molecule has 3 N–H and O–H groups in total. The Morgan fingerprint density at radius 1 is 1.32 bits per heavy atom.